The van der Waals surface area contributed by atoms with Gasteiger partial charge >= 0.3 is 0 Å². The third-order valence-corrected chi connectivity index (χ3v) is 4.05. The third-order valence-electron chi connectivity index (χ3n) is 4.05. The van der Waals surface area contributed by atoms with E-state index in [2.05, 4.69) is 13.5 Å². The van der Waals surface area contributed by atoms with Gasteiger partial charge in [-0.15, -0.1) is 6.58 Å². The van der Waals surface area contributed by atoms with Crippen molar-refractivity contribution in [3.63, 3.8) is 0 Å². The number of hydrogen-bond acceptors (Lipinski definition) is 2. The molecule has 3 rings (SSSR count). The van der Waals surface area contributed by atoms with Crippen molar-refractivity contribution in [2.45, 2.75) is 19.8 Å². The number of allylic oxidation sites excluding steroid dienone is 1. The minimum Gasteiger partial charge on any atom is -0.453 e. The molecule has 0 saturated heterocycles. The van der Waals surface area contributed by atoms with Crippen LogP contribution in [0.25, 0.3) is 0 Å². The zero-order valence-electron chi connectivity index (χ0n) is 14.8. The molecule has 3 heteroatoms. The smallest absolute Gasteiger partial charge is 0.182 e. The number of para-hydroxylation sites is 3. The van der Waals surface area contributed by atoms with Crippen LogP contribution in [0, 0.1) is 0 Å². The maximum atomic E-state index is 11.9. The van der Waals surface area contributed by atoms with Crippen LogP contribution in [0.2, 0.25) is 0 Å². The van der Waals surface area contributed by atoms with Gasteiger partial charge in [0.15, 0.2) is 17.2 Å². The summed E-state index contributed by atoms with van der Waals surface area (Å²) in [5.74, 6) is 2.62. The largest absolute Gasteiger partial charge is 0.453 e. The topological polar surface area (TPSA) is 38.4 Å². The summed E-state index contributed by atoms with van der Waals surface area (Å²) < 4.78 is 12.1. The zero-order valence-corrected chi connectivity index (χ0v) is 14.8. The lowest BCUT2D eigenvalue weighted by Gasteiger charge is -2.14. The van der Waals surface area contributed by atoms with Crippen LogP contribution in [0.5, 0.6) is 28.7 Å². The first-order valence-corrected chi connectivity index (χ1v) is 8.64. The second kappa shape index (κ2) is 8.26. The van der Waals surface area contributed by atoms with E-state index in [0.29, 0.717) is 29.2 Å². The summed E-state index contributed by atoms with van der Waals surface area (Å²) in [6, 6.07) is 20.4. The van der Waals surface area contributed by atoms with E-state index < -0.39 is 0 Å². The SMILES string of the molecule is C=CCc1cc(Oc2ccccc2Oc2ccccc2CC)ccc1[O]. The molecule has 0 aliphatic heterocycles. The molecule has 0 N–H and O–H groups in total. The van der Waals surface area contributed by atoms with E-state index in [1.54, 1.807) is 18.2 Å². The summed E-state index contributed by atoms with van der Waals surface area (Å²) in [7, 11) is 0. The minimum absolute atomic E-state index is 0.0151. The normalized spacial score (nSPS) is 10.3. The maximum absolute atomic E-state index is 11.9. The summed E-state index contributed by atoms with van der Waals surface area (Å²) >= 11 is 0. The van der Waals surface area contributed by atoms with Crippen LogP contribution in [-0.4, -0.2) is 0 Å². The second-order valence-corrected chi connectivity index (χ2v) is 5.87. The Balaban J connectivity index is 1.88. The Morgan fingerprint density at radius 2 is 1.50 bits per heavy atom. The van der Waals surface area contributed by atoms with Gasteiger partial charge < -0.3 is 9.47 Å². The summed E-state index contributed by atoms with van der Waals surface area (Å²) in [4.78, 5) is 0. The van der Waals surface area contributed by atoms with Gasteiger partial charge in [-0.05, 0) is 54.8 Å². The van der Waals surface area contributed by atoms with E-state index in [-0.39, 0.29) is 5.75 Å². The monoisotopic (exact) mass is 345 g/mol. The van der Waals surface area contributed by atoms with E-state index in [4.69, 9.17) is 9.47 Å². The number of aryl methyl sites for hydroxylation is 1. The quantitative estimate of drug-likeness (QED) is 0.447. The van der Waals surface area contributed by atoms with Gasteiger partial charge in [0.1, 0.15) is 11.5 Å². The first-order valence-electron chi connectivity index (χ1n) is 8.64. The van der Waals surface area contributed by atoms with E-state index >= 15 is 0 Å². The molecule has 0 aliphatic rings. The third kappa shape index (κ3) is 4.06. The van der Waals surface area contributed by atoms with Crippen LogP contribution in [-0.2, 0) is 17.9 Å². The van der Waals surface area contributed by atoms with Crippen molar-refractivity contribution in [3.8, 4) is 28.7 Å². The van der Waals surface area contributed by atoms with Crippen LogP contribution >= 0.6 is 0 Å². The fourth-order valence-electron chi connectivity index (χ4n) is 2.69. The lowest BCUT2D eigenvalue weighted by Crippen LogP contribution is -1.93. The van der Waals surface area contributed by atoms with Crippen molar-refractivity contribution in [2.75, 3.05) is 0 Å². The second-order valence-electron chi connectivity index (χ2n) is 5.87. The number of hydrogen-bond donors (Lipinski definition) is 0. The van der Waals surface area contributed by atoms with Gasteiger partial charge in [-0.1, -0.05) is 43.3 Å². The van der Waals surface area contributed by atoms with Gasteiger partial charge in [0.25, 0.3) is 0 Å². The van der Waals surface area contributed by atoms with Crippen molar-refractivity contribution in [3.05, 3.63) is 90.5 Å². The van der Waals surface area contributed by atoms with Crippen molar-refractivity contribution in [1.29, 1.82) is 0 Å². The molecule has 26 heavy (non-hydrogen) atoms. The first kappa shape index (κ1) is 17.6. The average molecular weight is 345 g/mol. The molecule has 3 nitrogen and oxygen atoms in total. The van der Waals surface area contributed by atoms with E-state index in [1.165, 1.54) is 6.07 Å². The molecular weight excluding hydrogens is 324 g/mol. The van der Waals surface area contributed by atoms with E-state index in [1.807, 2.05) is 48.5 Å². The molecule has 0 spiro atoms. The Hall–Kier alpha value is -3.20. The Morgan fingerprint density at radius 3 is 2.19 bits per heavy atom. The first-order chi connectivity index (χ1) is 12.7. The van der Waals surface area contributed by atoms with Crippen LogP contribution < -0.4 is 9.47 Å². The van der Waals surface area contributed by atoms with Crippen LogP contribution in [0.1, 0.15) is 18.1 Å². The predicted octanol–water partition coefficient (Wildman–Crippen LogP) is 6.71. The van der Waals surface area contributed by atoms with Gasteiger partial charge in [-0.2, -0.15) is 0 Å². The van der Waals surface area contributed by atoms with Crippen molar-refractivity contribution >= 4 is 0 Å². The summed E-state index contributed by atoms with van der Waals surface area (Å²) in [6.45, 7) is 5.78. The van der Waals surface area contributed by atoms with Crippen LogP contribution in [0.3, 0.4) is 0 Å². The van der Waals surface area contributed by atoms with Gasteiger partial charge in [0.05, 0.1) is 0 Å². The molecule has 0 heterocycles. The molecule has 0 fully saturated rings. The van der Waals surface area contributed by atoms with E-state index in [0.717, 1.165) is 17.7 Å². The highest BCUT2D eigenvalue weighted by atomic mass is 16.5. The zero-order chi connectivity index (χ0) is 18.4. The van der Waals surface area contributed by atoms with Crippen LogP contribution in [0.15, 0.2) is 79.4 Å². The predicted molar refractivity (Wildman–Crippen MR) is 103 cm³/mol. The maximum Gasteiger partial charge on any atom is 0.182 e. The summed E-state index contributed by atoms with van der Waals surface area (Å²) in [6.07, 6.45) is 3.10. The highest BCUT2D eigenvalue weighted by Crippen LogP contribution is 2.36. The number of benzene rings is 3. The molecule has 0 saturated carbocycles. The average Bonchev–Trinajstić information content (AvgIpc) is 2.66. The Kier molecular flexibility index (Phi) is 5.59. The molecule has 3 aromatic carbocycles. The van der Waals surface area contributed by atoms with E-state index in [9.17, 15) is 5.11 Å². The molecule has 0 aliphatic carbocycles. The highest BCUT2D eigenvalue weighted by Gasteiger charge is 2.11. The van der Waals surface area contributed by atoms with Crippen molar-refractivity contribution < 1.29 is 14.6 Å². The lowest BCUT2D eigenvalue weighted by molar-refractivity contribution is 0.349. The molecule has 131 valence electrons. The summed E-state index contributed by atoms with van der Waals surface area (Å²) in [5.41, 5.74) is 1.79. The Bertz CT molecular complexity index is 899. The van der Waals surface area contributed by atoms with Gasteiger partial charge in [0, 0.05) is 5.56 Å². The fraction of sp³-hybridized carbons (Fsp3) is 0.130. The number of ether oxygens (including phenoxy) is 2. The van der Waals surface area contributed by atoms with Crippen molar-refractivity contribution in [1.82, 2.24) is 0 Å². The summed E-state index contributed by atoms with van der Waals surface area (Å²) in [5, 5.41) is 11.9. The van der Waals surface area contributed by atoms with Gasteiger partial charge in [0.2, 0.25) is 0 Å². The Morgan fingerprint density at radius 1 is 0.846 bits per heavy atom. The minimum atomic E-state index is -0.0151. The molecular formula is C23H21O3. The molecule has 3 aromatic rings. The lowest BCUT2D eigenvalue weighted by atomic mass is 10.1. The molecule has 1 radical (unpaired) electrons. The Labute approximate surface area is 154 Å². The molecule has 0 aromatic heterocycles. The molecule has 0 unspecified atom stereocenters. The molecule has 0 amide bonds. The van der Waals surface area contributed by atoms with Crippen LogP contribution in [0.4, 0.5) is 0 Å². The van der Waals surface area contributed by atoms with Crippen molar-refractivity contribution in [2.24, 2.45) is 0 Å². The number of rotatable bonds is 7. The van der Waals surface area contributed by atoms with Gasteiger partial charge in [-0.3, -0.25) is 5.11 Å². The molecule has 0 bridgehead atoms. The standard InChI is InChI=1S/C23H21O3/c1-3-9-18-16-19(14-15-20(18)24)25-22-12-7-8-13-23(22)26-21-11-6-5-10-17(21)4-2/h3,5-8,10-16H,1,4,9H2,2H3. The van der Waals surface area contributed by atoms with Gasteiger partial charge in [-0.25, -0.2) is 0 Å². The highest BCUT2D eigenvalue weighted by molar-refractivity contribution is 5.48. The fourth-order valence-corrected chi connectivity index (χ4v) is 2.69. The molecule has 0 atom stereocenters.